The smallest absolute Gasteiger partial charge is 0.305 e. The minimum Gasteiger partial charge on any atom is -0.465 e. The lowest BCUT2D eigenvalue weighted by molar-refractivity contribution is -0.143. The van der Waals surface area contributed by atoms with Crippen molar-refractivity contribution in [1.29, 1.82) is 0 Å². The van der Waals surface area contributed by atoms with Gasteiger partial charge in [-0.25, -0.2) is 0 Å². The Morgan fingerprint density at radius 2 is 1.41 bits per heavy atom. The standard InChI is InChI=1S/C56H32O2S/c57-32(58-11-8-22-9-12-59-21-22)7-4-10-55(30-5-2-1-3-6-30)54-31-19-28-17-25-15-26-14-23-13-24-16-27-18-29-20-56(54,55)53-39(29)44-38(27)43-34(24)33(23)41-37(26)42-35(25)36(28)45-40(31)52(53)51-49(44)47(43)46(41)48(42)50(45)51/h1-3,5-6,9,12,15-16,18-19,21,29,54H,4,7-8,10-11,13-14,17,20H2. The molecule has 3 heteroatoms. The van der Waals surface area contributed by atoms with Gasteiger partial charge in [0.25, 0.3) is 0 Å². The van der Waals surface area contributed by atoms with E-state index in [0.717, 1.165) is 44.9 Å². The van der Waals surface area contributed by atoms with Crippen LogP contribution in [0.15, 0.2) is 65.4 Å². The molecule has 2 nitrogen and oxygen atoms in total. The monoisotopic (exact) mass is 768 g/mol. The molecule has 12 aromatic rings. The SMILES string of the molecule is O=C(CCCC1(c2ccccc2)C2c3cc4c5c6c(cc7c8c9c%10c%11c(cc%12c%13c%14c%15c(c%16c3c5c3c%16c%14c(c%11%13)c9c3c68)C21CC%15C=%12)CC=%10C7)C4)OCCc1ccsc1. The van der Waals surface area contributed by atoms with Gasteiger partial charge >= 0.3 is 5.97 Å². The summed E-state index contributed by atoms with van der Waals surface area (Å²) in [5, 5.41) is 36.5. The number of esters is 1. The first-order valence-electron chi connectivity index (χ1n) is 22.2. The van der Waals surface area contributed by atoms with Crippen LogP contribution in [0.1, 0.15) is 87.6 Å². The Labute approximate surface area is 340 Å². The lowest BCUT2D eigenvalue weighted by atomic mass is 9.77. The van der Waals surface area contributed by atoms with E-state index in [4.69, 9.17) is 4.74 Å². The van der Waals surface area contributed by atoms with Crippen LogP contribution in [-0.2, 0) is 46.0 Å². The fourth-order valence-electron chi connectivity index (χ4n) is 17.2. The highest BCUT2D eigenvalue weighted by molar-refractivity contribution is 7.08. The minimum atomic E-state index is -0.0884. The molecule has 0 N–H and O–H groups in total. The molecule has 1 heterocycles. The van der Waals surface area contributed by atoms with Gasteiger partial charge in [0, 0.05) is 35.5 Å². The molecule has 0 radical (unpaired) electrons. The zero-order valence-corrected chi connectivity index (χ0v) is 33.0. The second-order valence-corrected chi connectivity index (χ2v) is 20.9. The van der Waals surface area contributed by atoms with E-state index in [9.17, 15) is 4.79 Å². The first kappa shape index (κ1) is 28.6. The molecule has 0 aliphatic heterocycles. The zero-order valence-electron chi connectivity index (χ0n) is 32.2. The fraction of sp³-hybridized carbons (Fsp3) is 0.232. The van der Waals surface area contributed by atoms with E-state index >= 15 is 0 Å². The van der Waals surface area contributed by atoms with Gasteiger partial charge in [0.05, 0.1) is 6.61 Å². The van der Waals surface area contributed by atoms with Crippen molar-refractivity contribution in [2.75, 3.05) is 6.61 Å². The van der Waals surface area contributed by atoms with Crippen molar-refractivity contribution in [1.82, 2.24) is 0 Å². The Balaban J connectivity index is 0.962. The Hall–Kier alpha value is -5.77. The second kappa shape index (κ2) is 8.34. The Morgan fingerprint density at radius 3 is 2.25 bits per heavy atom. The summed E-state index contributed by atoms with van der Waals surface area (Å²) in [6.07, 6.45) is 10.3. The molecule has 19 rings (SSSR count). The summed E-state index contributed by atoms with van der Waals surface area (Å²) in [4.78, 5) is 13.5. The van der Waals surface area contributed by atoms with Gasteiger partial charge in [-0.05, 0) is 213 Å². The van der Waals surface area contributed by atoms with E-state index in [-0.39, 0.29) is 16.8 Å². The van der Waals surface area contributed by atoms with Crippen molar-refractivity contribution < 1.29 is 9.53 Å². The van der Waals surface area contributed by atoms with Crippen LogP contribution in [0.3, 0.4) is 0 Å². The van der Waals surface area contributed by atoms with Gasteiger partial charge in [0.1, 0.15) is 0 Å². The summed E-state index contributed by atoms with van der Waals surface area (Å²) < 4.78 is 5.90. The third-order valence-electron chi connectivity index (χ3n) is 18.4. The summed E-state index contributed by atoms with van der Waals surface area (Å²) in [6, 6.07) is 21.9. The summed E-state index contributed by atoms with van der Waals surface area (Å²) >= 11 is 1.71. The number of rotatable bonds is 8. The van der Waals surface area contributed by atoms with E-state index in [1.807, 2.05) is 0 Å². The van der Waals surface area contributed by atoms with Gasteiger partial charge in [-0.2, -0.15) is 11.3 Å². The molecule has 7 aliphatic carbocycles. The average Bonchev–Trinajstić information content (AvgIpc) is 4.03. The average molecular weight is 769 g/mol. The maximum absolute atomic E-state index is 13.5. The van der Waals surface area contributed by atoms with Crippen molar-refractivity contribution in [2.24, 2.45) is 0 Å². The van der Waals surface area contributed by atoms with Gasteiger partial charge in [0.2, 0.25) is 0 Å². The van der Waals surface area contributed by atoms with E-state index in [2.05, 4.69) is 71.4 Å². The molecule has 0 amide bonds. The van der Waals surface area contributed by atoms with Gasteiger partial charge < -0.3 is 4.74 Å². The highest BCUT2D eigenvalue weighted by Gasteiger charge is 2.81. The number of benzene rings is 8. The molecule has 4 unspecified atom stereocenters. The topological polar surface area (TPSA) is 26.3 Å². The molecule has 274 valence electrons. The number of carbonyl (C=O) groups is 1. The molecule has 0 saturated heterocycles. The zero-order chi connectivity index (χ0) is 37.3. The first-order chi connectivity index (χ1) is 29.2. The van der Waals surface area contributed by atoms with Crippen LogP contribution >= 0.6 is 11.3 Å². The number of fused-ring (bicyclic) bond motifs is 1. The summed E-state index contributed by atoms with van der Waals surface area (Å²) in [5.74, 6) is 0.737. The highest BCUT2D eigenvalue weighted by Crippen LogP contribution is 2.86. The van der Waals surface area contributed by atoms with Gasteiger partial charge in [0.15, 0.2) is 0 Å². The number of hydrogen-bond donors (Lipinski definition) is 0. The summed E-state index contributed by atoms with van der Waals surface area (Å²) in [6.45, 7) is 0.461. The Bertz CT molecular complexity index is 4210. The molecule has 4 atom stereocenters. The van der Waals surface area contributed by atoms with Crippen LogP contribution in [0.25, 0.3) is 109 Å². The molecule has 59 heavy (non-hydrogen) atoms. The maximum atomic E-state index is 13.5. The molecular weight excluding hydrogens is 737 g/mol. The van der Waals surface area contributed by atoms with Crippen molar-refractivity contribution in [3.05, 3.63) is 126 Å². The molecule has 11 aromatic carbocycles. The van der Waals surface area contributed by atoms with Gasteiger partial charge in [-0.1, -0.05) is 60.2 Å². The van der Waals surface area contributed by atoms with E-state index in [0.29, 0.717) is 24.9 Å². The quantitative estimate of drug-likeness (QED) is 0.114. The van der Waals surface area contributed by atoms with Crippen LogP contribution in [0.5, 0.6) is 0 Å². The summed E-state index contributed by atoms with van der Waals surface area (Å²) in [7, 11) is 0. The molecule has 7 aliphatic rings. The number of hydrogen-bond acceptors (Lipinski definition) is 3. The third-order valence-corrected chi connectivity index (χ3v) is 19.2. The Kier molecular flexibility index (Phi) is 4.04. The van der Waals surface area contributed by atoms with Gasteiger partial charge in [-0.3, -0.25) is 4.79 Å². The summed E-state index contributed by atoms with van der Waals surface area (Å²) in [5.41, 5.74) is 15.7. The minimum absolute atomic E-state index is 0.0125. The largest absolute Gasteiger partial charge is 0.465 e. The highest BCUT2D eigenvalue weighted by atomic mass is 32.1. The normalized spacial score (nSPS) is 24.6. The van der Waals surface area contributed by atoms with Crippen molar-refractivity contribution in [2.45, 2.75) is 74.0 Å². The van der Waals surface area contributed by atoms with E-state index < -0.39 is 0 Å². The van der Waals surface area contributed by atoms with Crippen LogP contribution in [0.4, 0.5) is 0 Å². The van der Waals surface area contributed by atoms with E-state index in [1.54, 1.807) is 158 Å². The van der Waals surface area contributed by atoms with Crippen molar-refractivity contribution in [3.8, 4) is 0 Å². The third kappa shape index (κ3) is 2.49. The lowest BCUT2D eigenvalue weighted by Crippen LogP contribution is -2.21. The second-order valence-electron chi connectivity index (χ2n) is 20.2. The van der Waals surface area contributed by atoms with E-state index in [1.165, 1.54) is 16.3 Å². The van der Waals surface area contributed by atoms with Crippen molar-refractivity contribution in [3.63, 3.8) is 0 Å². The first-order valence-corrected chi connectivity index (χ1v) is 23.1. The van der Waals surface area contributed by atoms with Crippen LogP contribution < -0.4 is 10.4 Å². The molecule has 1 aromatic heterocycles. The number of ether oxygens (including phenoxy) is 1. The fourth-order valence-corrected chi connectivity index (χ4v) is 17.9. The number of carbonyl (C=O) groups excluding carboxylic acids is 1. The molecular formula is C56H32O2S. The number of thiophene rings is 1. The predicted molar refractivity (Wildman–Crippen MR) is 241 cm³/mol. The maximum Gasteiger partial charge on any atom is 0.305 e. The van der Waals surface area contributed by atoms with Gasteiger partial charge in [-0.15, -0.1) is 0 Å². The molecule has 1 spiro atoms. The van der Waals surface area contributed by atoms with Crippen LogP contribution in [0, 0.1) is 0 Å². The predicted octanol–water partition coefficient (Wildman–Crippen LogP) is 11.4. The molecule has 0 bridgehead atoms. The van der Waals surface area contributed by atoms with Crippen LogP contribution in [-0.4, -0.2) is 12.6 Å². The van der Waals surface area contributed by atoms with Crippen LogP contribution in [0.2, 0.25) is 0 Å². The van der Waals surface area contributed by atoms with Crippen molar-refractivity contribution >= 4 is 126 Å². The Morgan fingerprint density at radius 1 is 0.695 bits per heavy atom. The lowest BCUT2D eigenvalue weighted by Gasteiger charge is -2.25. The molecule has 1 saturated carbocycles. The molecule has 1 fully saturated rings.